The highest BCUT2D eigenvalue weighted by atomic mass is 16.5. The Kier molecular flexibility index (Phi) is 2.98. The molecule has 0 aliphatic carbocycles. The second-order valence-corrected chi connectivity index (χ2v) is 3.59. The van der Waals surface area contributed by atoms with E-state index in [4.69, 9.17) is 9.47 Å². The van der Waals surface area contributed by atoms with Gasteiger partial charge in [-0.2, -0.15) is 0 Å². The molecule has 2 rings (SSSR count). The average molecular weight is 171 g/mol. The maximum Gasteiger partial charge on any atom is 0.0813 e. The Morgan fingerprint density at radius 2 is 2.25 bits per heavy atom. The van der Waals surface area contributed by atoms with E-state index in [1.165, 1.54) is 6.42 Å². The van der Waals surface area contributed by atoms with E-state index in [1.54, 1.807) is 0 Å². The van der Waals surface area contributed by atoms with E-state index in [1.807, 2.05) is 0 Å². The predicted molar refractivity (Wildman–Crippen MR) is 46.2 cm³/mol. The first-order chi connectivity index (χ1) is 5.95. The summed E-state index contributed by atoms with van der Waals surface area (Å²) >= 11 is 0. The Hall–Kier alpha value is -0.120. The summed E-state index contributed by atoms with van der Waals surface area (Å²) in [7, 11) is 0. The molecule has 2 unspecified atom stereocenters. The van der Waals surface area contributed by atoms with Crippen molar-refractivity contribution in [3.63, 3.8) is 0 Å². The quantitative estimate of drug-likeness (QED) is 0.658. The minimum absolute atomic E-state index is 0.364. The molecule has 2 aliphatic heterocycles. The molecule has 2 heterocycles. The van der Waals surface area contributed by atoms with E-state index in [9.17, 15) is 0 Å². The fraction of sp³-hybridized carbons (Fsp3) is 1.00. The molecule has 70 valence electrons. The average Bonchev–Trinajstić information content (AvgIpc) is 2.59. The molecule has 0 spiro atoms. The van der Waals surface area contributed by atoms with E-state index in [0.29, 0.717) is 12.2 Å². The molecule has 2 atom stereocenters. The Morgan fingerprint density at radius 1 is 1.25 bits per heavy atom. The predicted octanol–water partition coefficient (Wildman–Crippen LogP) is 0.544. The maximum absolute atomic E-state index is 5.86. The molecule has 0 radical (unpaired) electrons. The minimum Gasteiger partial charge on any atom is -0.379 e. The summed E-state index contributed by atoms with van der Waals surface area (Å²) in [4.78, 5) is 0. The largest absolute Gasteiger partial charge is 0.379 e. The van der Waals surface area contributed by atoms with Gasteiger partial charge in [-0.3, -0.25) is 0 Å². The first-order valence-corrected chi connectivity index (χ1v) is 4.89. The van der Waals surface area contributed by atoms with Crippen molar-refractivity contribution in [2.24, 2.45) is 0 Å². The smallest absolute Gasteiger partial charge is 0.0813 e. The summed E-state index contributed by atoms with van der Waals surface area (Å²) in [6, 6.07) is 0. The van der Waals surface area contributed by atoms with Crippen LogP contribution >= 0.6 is 0 Å². The zero-order valence-corrected chi connectivity index (χ0v) is 7.42. The summed E-state index contributed by atoms with van der Waals surface area (Å²) in [5, 5.41) is 3.30. The normalized spacial score (nSPS) is 37.0. The van der Waals surface area contributed by atoms with Crippen LogP contribution < -0.4 is 5.32 Å². The fourth-order valence-corrected chi connectivity index (χ4v) is 1.83. The molecule has 0 aromatic heterocycles. The fourth-order valence-electron chi connectivity index (χ4n) is 1.83. The summed E-state index contributed by atoms with van der Waals surface area (Å²) in [6.45, 7) is 3.86. The van der Waals surface area contributed by atoms with Crippen LogP contribution in [0.15, 0.2) is 0 Å². The summed E-state index contributed by atoms with van der Waals surface area (Å²) in [6.07, 6.45) is 4.30. The lowest BCUT2D eigenvalue weighted by molar-refractivity contribution is -0.0774. The zero-order valence-electron chi connectivity index (χ0n) is 7.42. The first-order valence-electron chi connectivity index (χ1n) is 4.89. The van der Waals surface area contributed by atoms with Crippen molar-refractivity contribution in [3.8, 4) is 0 Å². The molecule has 2 aliphatic rings. The Labute approximate surface area is 73.4 Å². The number of rotatable bonds is 2. The number of hydrogen-bond acceptors (Lipinski definition) is 3. The van der Waals surface area contributed by atoms with Crippen molar-refractivity contribution < 1.29 is 9.47 Å². The van der Waals surface area contributed by atoms with Crippen LogP contribution in [0.5, 0.6) is 0 Å². The first kappa shape index (κ1) is 8.48. The van der Waals surface area contributed by atoms with E-state index >= 15 is 0 Å². The molecule has 0 aromatic carbocycles. The summed E-state index contributed by atoms with van der Waals surface area (Å²) in [5.41, 5.74) is 0. The molecule has 1 N–H and O–H groups in total. The molecule has 2 fully saturated rings. The van der Waals surface area contributed by atoms with E-state index in [2.05, 4.69) is 5.32 Å². The van der Waals surface area contributed by atoms with E-state index in [0.717, 1.165) is 39.1 Å². The van der Waals surface area contributed by atoms with Gasteiger partial charge >= 0.3 is 0 Å². The van der Waals surface area contributed by atoms with Crippen molar-refractivity contribution in [2.75, 3.05) is 26.3 Å². The monoisotopic (exact) mass is 171 g/mol. The summed E-state index contributed by atoms with van der Waals surface area (Å²) in [5.74, 6) is 0. The SMILES string of the molecule is C1COCC(OC2CCNC2)C1. The molecule has 0 saturated carbocycles. The highest BCUT2D eigenvalue weighted by molar-refractivity contribution is 4.74. The Bertz CT molecular complexity index is 128. The van der Waals surface area contributed by atoms with Gasteiger partial charge in [-0.15, -0.1) is 0 Å². The van der Waals surface area contributed by atoms with Gasteiger partial charge < -0.3 is 14.8 Å². The van der Waals surface area contributed by atoms with Gasteiger partial charge in [0, 0.05) is 13.2 Å². The molecule has 0 amide bonds. The van der Waals surface area contributed by atoms with Gasteiger partial charge in [0.2, 0.25) is 0 Å². The number of hydrogen-bond donors (Lipinski definition) is 1. The lowest BCUT2D eigenvalue weighted by atomic mass is 10.1. The zero-order chi connectivity index (χ0) is 8.23. The van der Waals surface area contributed by atoms with Gasteiger partial charge in [-0.1, -0.05) is 0 Å². The van der Waals surface area contributed by atoms with Crippen LogP contribution in [0.4, 0.5) is 0 Å². The lowest BCUT2D eigenvalue weighted by Crippen LogP contribution is -2.31. The van der Waals surface area contributed by atoms with Crippen molar-refractivity contribution >= 4 is 0 Å². The van der Waals surface area contributed by atoms with Crippen molar-refractivity contribution in [1.29, 1.82) is 0 Å². The van der Waals surface area contributed by atoms with Crippen LogP contribution in [-0.2, 0) is 9.47 Å². The standard InChI is InChI=1S/C9H17NO2/c1-2-9(7-11-5-1)12-8-3-4-10-6-8/h8-10H,1-7H2. The van der Waals surface area contributed by atoms with Crippen LogP contribution in [0, 0.1) is 0 Å². The molecule has 3 heteroatoms. The third kappa shape index (κ3) is 2.19. The van der Waals surface area contributed by atoms with Gasteiger partial charge in [-0.25, -0.2) is 0 Å². The molecule has 12 heavy (non-hydrogen) atoms. The van der Waals surface area contributed by atoms with Crippen LogP contribution in [0.1, 0.15) is 19.3 Å². The number of nitrogens with one attached hydrogen (secondary N) is 1. The number of ether oxygens (including phenoxy) is 2. The highest BCUT2D eigenvalue weighted by Gasteiger charge is 2.21. The Balaban J connectivity index is 1.69. The van der Waals surface area contributed by atoms with E-state index < -0.39 is 0 Å². The topological polar surface area (TPSA) is 30.5 Å². The summed E-state index contributed by atoms with van der Waals surface area (Å²) < 4.78 is 11.2. The van der Waals surface area contributed by atoms with Gasteiger partial charge in [0.25, 0.3) is 0 Å². The Morgan fingerprint density at radius 3 is 2.92 bits per heavy atom. The third-order valence-corrected chi connectivity index (χ3v) is 2.52. The molecule has 2 saturated heterocycles. The van der Waals surface area contributed by atoms with Crippen molar-refractivity contribution in [1.82, 2.24) is 5.32 Å². The molecule has 0 aromatic rings. The van der Waals surface area contributed by atoms with Gasteiger partial charge in [-0.05, 0) is 25.8 Å². The van der Waals surface area contributed by atoms with Gasteiger partial charge in [0.15, 0.2) is 0 Å². The highest BCUT2D eigenvalue weighted by Crippen LogP contribution is 2.14. The van der Waals surface area contributed by atoms with Crippen LogP contribution in [0.25, 0.3) is 0 Å². The van der Waals surface area contributed by atoms with Gasteiger partial charge in [0.1, 0.15) is 0 Å². The molecule has 0 bridgehead atoms. The van der Waals surface area contributed by atoms with E-state index in [-0.39, 0.29) is 0 Å². The van der Waals surface area contributed by atoms with Crippen molar-refractivity contribution in [3.05, 3.63) is 0 Å². The second-order valence-electron chi connectivity index (χ2n) is 3.59. The van der Waals surface area contributed by atoms with Crippen LogP contribution in [-0.4, -0.2) is 38.5 Å². The third-order valence-electron chi connectivity index (χ3n) is 2.52. The molecular weight excluding hydrogens is 154 g/mol. The molecular formula is C9H17NO2. The van der Waals surface area contributed by atoms with Crippen LogP contribution in [0.2, 0.25) is 0 Å². The molecule has 3 nitrogen and oxygen atoms in total. The van der Waals surface area contributed by atoms with Crippen LogP contribution in [0.3, 0.4) is 0 Å². The lowest BCUT2D eigenvalue weighted by Gasteiger charge is -2.25. The van der Waals surface area contributed by atoms with Crippen molar-refractivity contribution in [2.45, 2.75) is 31.5 Å². The maximum atomic E-state index is 5.86. The second kappa shape index (κ2) is 4.21. The minimum atomic E-state index is 0.364. The van der Waals surface area contributed by atoms with Gasteiger partial charge in [0.05, 0.1) is 18.8 Å².